The van der Waals surface area contributed by atoms with Crippen molar-refractivity contribution in [1.29, 1.82) is 0 Å². The van der Waals surface area contributed by atoms with E-state index in [1.54, 1.807) is 112 Å². The lowest BCUT2D eigenvalue weighted by atomic mass is 9.97. The van der Waals surface area contributed by atoms with Gasteiger partial charge >= 0.3 is 12.2 Å². The number of carbonyl (C=O) groups excluding carboxylic acids is 7. The molecule has 35 heteroatoms. The average molecular weight is 1930 g/mol. The predicted molar refractivity (Wildman–Crippen MR) is 501 cm³/mol. The van der Waals surface area contributed by atoms with Gasteiger partial charge in [0.2, 0.25) is 17.7 Å². The summed E-state index contributed by atoms with van der Waals surface area (Å²) in [7, 11) is 6.98. The van der Waals surface area contributed by atoms with Gasteiger partial charge in [0.05, 0.1) is 172 Å². The summed E-state index contributed by atoms with van der Waals surface area (Å²) in [4.78, 5) is 103. The number of Topliss-reactive ketones (excluding diaryl/α,β-unsaturated/α-hetero) is 2. The van der Waals surface area contributed by atoms with Gasteiger partial charge in [0, 0.05) is 106 Å². The number of aliphatic hydroxyl groups is 3. The minimum Gasteiger partial charge on any atom is -0.447 e. The van der Waals surface area contributed by atoms with Gasteiger partial charge in [-0.15, -0.1) is 12.4 Å². The molecule has 28 nitrogen and oxygen atoms in total. The number of hydrogen-bond donors (Lipinski definition) is 6. The van der Waals surface area contributed by atoms with E-state index < -0.39 is 35.0 Å². The van der Waals surface area contributed by atoms with Crippen LogP contribution in [-0.4, -0.2) is 301 Å². The number of rotatable bonds is 47. The molecule has 6 atom stereocenters. The number of nitrogens with one attached hydrogen (secondary N) is 2. The molecule has 3 heterocycles. The van der Waals surface area contributed by atoms with E-state index >= 15 is 0 Å². The fraction of sp³-hybridized carbons (Fsp3) is 0.543. The molecule has 2 aliphatic carbocycles. The van der Waals surface area contributed by atoms with Crippen LogP contribution in [0.4, 0.5) is 15.3 Å². The number of methoxy groups -OCH3 is 1. The molecule has 11 rings (SSSR count). The summed E-state index contributed by atoms with van der Waals surface area (Å²) in [6, 6.07) is 37.7. The normalized spacial score (nSPS) is 17.5. The van der Waals surface area contributed by atoms with E-state index in [1.165, 1.54) is 0 Å². The highest BCUT2D eigenvalue weighted by Crippen LogP contribution is 2.40. The molecule has 6 aromatic rings. The first-order valence-electron chi connectivity index (χ1n) is 43.5. The topological polar surface area (TPSA) is 333 Å². The Morgan fingerprint density at radius 1 is 0.419 bits per heavy atom. The smallest absolute Gasteiger partial charge is 0.408 e. The summed E-state index contributed by atoms with van der Waals surface area (Å²) >= 11 is 36.5. The lowest BCUT2D eigenvalue weighted by Crippen LogP contribution is -2.46. The number of β-amino-alcohol motifs (C(OH)–C–C–N with tert-alkyl or cyclic N) is 3. The van der Waals surface area contributed by atoms with Crippen LogP contribution in [0.25, 0.3) is 0 Å². The van der Waals surface area contributed by atoms with Crippen molar-refractivity contribution < 1.29 is 91.5 Å². The van der Waals surface area contributed by atoms with E-state index in [2.05, 4.69) is 25.3 Å². The zero-order chi connectivity index (χ0) is 92.5. The maximum absolute atomic E-state index is 13.6. The number of ether oxygens (including phenoxy) is 9. The van der Waals surface area contributed by atoms with Crippen LogP contribution < -0.4 is 16.4 Å². The summed E-state index contributed by atoms with van der Waals surface area (Å²) in [5.74, 6) is -0.397. The van der Waals surface area contributed by atoms with E-state index in [0.29, 0.717) is 193 Å². The van der Waals surface area contributed by atoms with Gasteiger partial charge in [-0.3, -0.25) is 38.7 Å². The van der Waals surface area contributed by atoms with Gasteiger partial charge < -0.3 is 89.0 Å². The Hall–Kier alpha value is -7.08. The number of halogens is 7. The molecule has 5 fully saturated rings. The number of benzene rings is 6. The number of nitrogens with zero attached hydrogens (tertiary/aromatic N) is 6. The second-order valence-electron chi connectivity index (χ2n) is 34.0. The van der Waals surface area contributed by atoms with Gasteiger partial charge in [-0.25, -0.2) is 9.59 Å². The number of anilines is 1. The highest BCUT2D eigenvalue weighted by molar-refractivity contribution is 6.43. The van der Waals surface area contributed by atoms with E-state index in [0.717, 1.165) is 70.6 Å². The minimum atomic E-state index is -0.970. The van der Waals surface area contributed by atoms with Crippen LogP contribution in [0.1, 0.15) is 128 Å². The average Bonchev–Trinajstić information content (AvgIpc) is 1.62. The molecule has 0 bridgehead atoms. The summed E-state index contributed by atoms with van der Waals surface area (Å²) in [5.41, 5.74) is 10.8. The fourth-order valence-corrected chi connectivity index (χ4v) is 16.1. The molecule has 0 radical (unpaired) electrons. The number of carbonyl (C=O) groups is 7. The number of ketones is 2. The van der Waals surface area contributed by atoms with Crippen molar-refractivity contribution in [3.05, 3.63) is 202 Å². The molecule has 5 aliphatic rings. The Balaban J connectivity index is 0.000000254. The van der Waals surface area contributed by atoms with Crippen molar-refractivity contribution in [2.75, 3.05) is 185 Å². The lowest BCUT2D eigenvalue weighted by Gasteiger charge is -2.32. The monoisotopic (exact) mass is 1930 g/mol. The molecule has 2 saturated carbocycles. The second-order valence-corrected chi connectivity index (χ2v) is 36.5. The first-order valence-corrected chi connectivity index (χ1v) is 45.8. The number of likely N-dealkylation sites (N-methyl/N-ethyl adjacent to an activating group) is 3. The first kappa shape index (κ1) is 107. The standard InChI is InChI=1S/C42H61Cl2N3O12.C31H39Cl2N3O5.C21H25Cl2N3O2.ClH/c1-46(40(50)29-33-6-7-36(43)37(44)27-33)38(31-47-11-8-35(48)30-47)34-5-3-4-32(26-34)28-39(49)42(9-10-42)45-41(51)59-25-24-58-23-22-57-21-20-56-19-18-55-17-16-54-15-14-53-13-12-52-2;1-30(2,3)41-29(40)34-31(11-12-31)27(38)16-20-6-5-7-22(14-20)26(19-36-13-10-23(37)18-36)35(4)28(39)17-21-8-9-24(32)25(33)15-21;1-25(21(28)10-14-5-6-18(22)19(23)9-14)20(13-26-8-7-17(27)12-26)15-3-2-4-16(24)11-15;/h3-7,26-27,35,38,48H,8-25,28-31H2,1-2H3,(H,45,51);5-9,14-15,23,26,37H,10-13,16-19H2,1-4H3,(H,34,40);2-6,9,11,17,20,27H,7-8,10,12-13,24H2,1H3;1H/t35-,38+;23-,26+;17-,20+;/m000./s1. The molecule has 710 valence electrons. The van der Waals surface area contributed by atoms with Crippen LogP contribution in [0, 0.1) is 0 Å². The van der Waals surface area contributed by atoms with E-state index in [9.17, 15) is 48.9 Å². The largest absolute Gasteiger partial charge is 0.447 e. The minimum absolute atomic E-state index is 0. The number of hydrogen-bond acceptors (Lipinski definition) is 23. The highest BCUT2D eigenvalue weighted by atomic mass is 35.5. The SMILES string of the molecule is CN(C(=O)Cc1ccc(Cl)c(Cl)c1)[C@H](CN1CC[C@H](O)C1)c1cccc(CC(=O)C2(NC(=O)OC(C)(C)C)CC2)c1.CN(C(=O)Cc1ccc(Cl)c(Cl)c1)[C@H](CN1CC[C@H](O)C1)c1cccc(N)c1.COCCOCCOCCOCCOCCOCCOCCOC(=O)NC1(C(=O)Cc2cccc([C@@H](CN3CC[C@H](O)C3)N(C)C(=O)Cc3ccc(Cl)c(Cl)c3)c2)CC1.Cl. The van der Waals surface area contributed by atoms with Crippen molar-refractivity contribution in [3.8, 4) is 0 Å². The van der Waals surface area contributed by atoms with Crippen molar-refractivity contribution in [2.45, 2.75) is 151 Å². The molecule has 6 aromatic carbocycles. The van der Waals surface area contributed by atoms with Crippen LogP contribution in [-0.2, 0) is 98.7 Å². The number of likely N-dealkylation sites (tertiary alicyclic amines) is 3. The highest BCUT2D eigenvalue weighted by Gasteiger charge is 2.52. The van der Waals surface area contributed by atoms with Crippen molar-refractivity contribution in [1.82, 2.24) is 40.0 Å². The molecule has 5 amide bonds. The summed E-state index contributed by atoms with van der Waals surface area (Å²) in [6.07, 6.45) is 2.74. The van der Waals surface area contributed by atoms with Crippen molar-refractivity contribution in [2.24, 2.45) is 0 Å². The van der Waals surface area contributed by atoms with Gasteiger partial charge in [0.15, 0.2) is 11.6 Å². The van der Waals surface area contributed by atoms with Crippen molar-refractivity contribution in [3.63, 3.8) is 0 Å². The van der Waals surface area contributed by atoms with E-state index in [4.69, 9.17) is 118 Å². The Labute approximate surface area is 793 Å². The molecule has 0 aromatic heterocycles. The molecule has 3 saturated heterocycles. The van der Waals surface area contributed by atoms with E-state index in [1.807, 2.05) is 78.9 Å². The first-order chi connectivity index (χ1) is 61.2. The van der Waals surface area contributed by atoms with Crippen LogP contribution in [0.5, 0.6) is 0 Å². The molecule has 129 heavy (non-hydrogen) atoms. The molecule has 7 N–H and O–H groups in total. The van der Waals surface area contributed by atoms with Gasteiger partial charge in [0.1, 0.15) is 23.3 Å². The zero-order valence-corrected chi connectivity index (χ0v) is 80.0. The summed E-state index contributed by atoms with van der Waals surface area (Å²) in [5, 5.41) is 38.2. The summed E-state index contributed by atoms with van der Waals surface area (Å²) < 4.78 is 48.2. The third kappa shape index (κ3) is 36.3. The van der Waals surface area contributed by atoms with Crippen LogP contribution in [0.2, 0.25) is 30.1 Å². The Morgan fingerprint density at radius 2 is 0.721 bits per heavy atom. The number of nitrogen functional groups attached to an aromatic ring is 1. The number of aliphatic hydroxyl groups excluding tert-OH is 3. The fourth-order valence-electron chi connectivity index (χ4n) is 15.2. The van der Waals surface area contributed by atoms with Gasteiger partial charge in [-0.05, 0) is 159 Å². The van der Waals surface area contributed by atoms with Crippen LogP contribution in [0.3, 0.4) is 0 Å². The second kappa shape index (κ2) is 53.7. The van der Waals surface area contributed by atoms with Crippen LogP contribution >= 0.6 is 82.0 Å². The lowest BCUT2D eigenvalue weighted by molar-refractivity contribution is -0.132. The number of amides is 5. The molecular weight excluding hydrogens is 1810 g/mol. The molecule has 0 unspecified atom stereocenters. The Bertz CT molecular complexity index is 4590. The Morgan fingerprint density at radius 3 is 1.02 bits per heavy atom. The number of nitrogens with two attached hydrogens (primary N) is 1. The maximum atomic E-state index is 13.6. The quantitative estimate of drug-likeness (QED) is 0.0153. The van der Waals surface area contributed by atoms with Crippen LogP contribution in [0.15, 0.2) is 127 Å². The van der Waals surface area contributed by atoms with E-state index in [-0.39, 0.29) is 117 Å². The predicted octanol–water partition coefficient (Wildman–Crippen LogP) is 12.7. The maximum Gasteiger partial charge on any atom is 0.408 e. The van der Waals surface area contributed by atoms with Gasteiger partial charge in [-0.2, -0.15) is 0 Å². The number of alkyl carbamates (subject to hydrolysis) is 2. The summed E-state index contributed by atoms with van der Waals surface area (Å²) in [6.45, 7) is 16.8. The van der Waals surface area contributed by atoms with Gasteiger partial charge in [0.25, 0.3) is 0 Å². The van der Waals surface area contributed by atoms with Gasteiger partial charge in [-0.1, -0.05) is 148 Å². The zero-order valence-electron chi connectivity index (χ0n) is 74.6. The Kier molecular flexibility index (Phi) is 44.7. The third-order valence-corrected chi connectivity index (χ3v) is 25.0. The third-order valence-electron chi connectivity index (χ3n) is 22.7. The molecule has 0 spiro atoms. The van der Waals surface area contributed by atoms with Crippen molar-refractivity contribution >= 4 is 129 Å². The molecule has 3 aliphatic heterocycles. The molecular formula is C94H126Cl7N9O19.